The van der Waals surface area contributed by atoms with E-state index in [1.54, 1.807) is 46.6 Å². The van der Waals surface area contributed by atoms with Gasteiger partial charge in [0, 0.05) is 5.56 Å². The molecule has 0 unspecified atom stereocenters. The maximum Gasteiger partial charge on any atom is 0.254 e. The fourth-order valence-corrected chi connectivity index (χ4v) is 3.72. The van der Waals surface area contributed by atoms with Crippen molar-refractivity contribution in [1.82, 2.24) is 4.90 Å². The molecule has 7 heteroatoms. The zero-order chi connectivity index (χ0) is 20.8. The molecule has 0 spiro atoms. The highest BCUT2D eigenvalue weighted by Crippen LogP contribution is 2.30. The average molecular weight is 401 g/mol. The number of nitrogens with one attached hydrogen (secondary N) is 1. The van der Waals surface area contributed by atoms with Gasteiger partial charge < -0.3 is 28.7 Å². The molecule has 1 fully saturated rings. The number of amides is 1. The Hall–Kier alpha value is -2.93. The summed E-state index contributed by atoms with van der Waals surface area (Å²) in [6, 6.07) is 11.2. The highest BCUT2D eigenvalue weighted by Gasteiger charge is 2.26. The summed E-state index contributed by atoms with van der Waals surface area (Å²) in [5.41, 5.74) is 1.72. The SMILES string of the molecule is COc1ccc(C(=O)N2CC[NH+](Cc3cccc(OC)c3OC)CC2)cc1OC. The van der Waals surface area contributed by atoms with Gasteiger partial charge in [0.15, 0.2) is 23.0 Å². The quantitative estimate of drug-likeness (QED) is 0.757. The number of hydrogen-bond donors (Lipinski definition) is 1. The van der Waals surface area contributed by atoms with Crippen molar-refractivity contribution in [3.05, 3.63) is 47.5 Å². The Bertz CT molecular complexity index is 847. The second-order valence-corrected chi connectivity index (χ2v) is 6.94. The van der Waals surface area contributed by atoms with Crippen molar-refractivity contribution in [2.75, 3.05) is 54.6 Å². The molecule has 3 rings (SSSR count). The summed E-state index contributed by atoms with van der Waals surface area (Å²) in [5.74, 6) is 2.72. The Kier molecular flexibility index (Phi) is 6.82. The Labute approximate surface area is 171 Å². The Morgan fingerprint density at radius 1 is 0.897 bits per heavy atom. The van der Waals surface area contributed by atoms with E-state index in [0.717, 1.165) is 36.7 Å². The van der Waals surface area contributed by atoms with E-state index < -0.39 is 0 Å². The molecule has 1 N–H and O–H groups in total. The minimum atomic E-state index is 0.0176. The van der Waals surface area contributed by atoms with Gasteiger partial charge in [-0.3, -0.25) is 4.79 Å². The first-order valence-electron chi connectivity index (χ1n) is 9.66. The van der Waals surface area contributed by atoms with Crippen LogP contribution in [-0.4, -0.2) is 65.4 Å². The zero-order valence-corrected chi connectivity index (χ0v) is 17.5. The van der Waals surface area contributed by atoms with E-state index in [0.29, 0.717) is 30.2 Å². The number of carbonyl (C=O) groups is 1. The lowest BCUT2D eigenvalue weighted by Crippen LogP contribution is -3.13. The number of nitrogens with zero attached hydrogens (tertiary/aromatic N) is 1. The number of carbonyl (C=O) groups excluding carboxylic acids is 1. The molecule has 7 nitrogen and oxygen atoms in total. The number of piperazine rings is 1. The van der Waals surface area contributed by atoms with Crippen LogP contribution in [0.2, 0.25) is 0 Å². The van der Waals surface area contributed by atoms with E-state index in [2.05, 4.69) is 6.07 Å². The molecule has 2 aromatic carbocycles. The lowest BCUT2D eigenvalue weighted by Gasteiger charge is -2.32. The third kappa shape index (κ3) is 4.56. The van der Waals surface area contributed by atoms with E-state index in [-0.39, 0.29) is 5.91 Å². The van der Waals surface area contributed by atoms with E-state index in [9.17, 15) is 4.79 Å². The number of ether oxygens (including phenoxy) is 4. The molecular formula is C22H29N2O5+. The molecule has 0 atom stereocenters. The molecule has 1 heterocycles. The van der Waals surface area contributed by atoms with Gasteiger partial charge in [-0.2, -0.15) is 0 Å². The number of rotatable bonds is 7. The fraction of sp³-hybridized carbons (Fsp3) is 0.409. The van der Waals surface area contributed by atoms with E-state index in [1.165, 1.54) is 4.90 Å². The summed E-state index contributed by atoms with van der Waals surface area (Å²) in [6.07, 6.45) is 0. The lowest BCUT2D eigenvalue weighted by atomic mass is 10.1. The van der Waals surface area contributed by atoms with Gasteiger partial charge in [0.2, 0.25) is 0 Å². The van der Waals surface area contributed by atoms with Crippen LogP contribution in [-0.2, 0) is 6.54 Å². The molecule has 29 heavy (non-hydrogen) atoms. The zero-order valence-electron chi connectivity index (χ0n) is 17.5. The van der Waals surface area contributed by atoms with Gasteiger partial charge >= 0.3 is 0 Å². The summed E-state index contributed by atoms with van der Waals surface area (Å²) in [5, 5.41) is 0. The number of benzene rings is 2. The van der Waals surface area contributed by atoms with E-state index >= 15 is 0 Å². The summed E-state index contributed by atoms with van der Waals surface area (Å²) >= 11 is 0. The predicted octanol–water partition coefficient (Wildman–Crippen LogP) is 1.26. The second-order valence-electron chi connectivity index (χ2n) is 6.94. The van der Waals surface area contributed by atoms with Crippen LogP contribution in [0, 0.1) is 0 Å². The summed E-state index contributed by atoms with van der Waals surface area (Å²) in [6.45, 7) is 3.99. The highest BCUT2D eigenvalue weighted by atomic mass is 16.5. The maximum absolute atomic E-state index is 12.9. The molecule has 2 aromatic rings. The van der Waals surface area contributed by atoms with E-state index in [1.807, 2.05) is 17.0 Å². The molecule has 0 aliphatic carbocycles. The first-order chi connectivity index (χ1) is 14.1. The number of para-hydroxylation sites is 1. The van der Waals surface area contributed by atoms with Crippen LogP contribution in [0.3, 0.4) is 0 Å². The van der Waals surface area contributed by atoms with Crippen LogP contribution >= 0.6 is 0 Å². The van der Waals surface area contributed by atoms with Crippen molar-refractivity contribution < 1.29 is 28.6 Å². The van der Waals surface area contributed by atoms with E-state index in [4.69, 9.17) is 18.9 Å². The first-order valence-corrected chi connectivity index (χ1v) is 9.66. The normalized spacial score (nSPS) is 14.4. The lowest BCUT2D eigenvalue weighted by molar-refractivity contribution is -0.917. The minimum Gasteiger partial charge on any atom is -0.493 e. The largest absolute Gasteiger partial charge is 0.493 e. The number of hydrogen-bond acceptors (Lipinski definition) is 5. The molecule has 1 amide bonds. The maximum atomic E-state index is 12.9. The van der Waals surface area contributed by atoms with Crippen LogP contribution in [0.4, 0.5) is 0 Å². The van der Waals surface area contributed by atoms with Crippen molar-refractivity contribution in [2.24, 2.45) is 0 Å². The van der Waals surface area contributed by atoms with Gasteiger partial charge in [-0.25, -0.2) is 0 Å². The average Bonchev–Trinajstić information content (AvgIpc) is 2.78. The van der Waals surface area contributed by atoms with Gasteiger partial charge in [0.1, 0.15) is 6.54 Å². The predicted molar refractivity (Wildman–Crippen MR) is 109 cm³/mol. The second kappa shape index (κ2) is 9.52. The Morgan fingerprint density at radius 2 is 1.59 bits per heavy atom. The Balaban J connectivity index is 1.63. The van der Waals surface area contributed by atoms with Crippen molar-refractivity contribution in [2.45, 2.75) is 6.54 Å². The summed E-state index contributed by atoms with van der Waals surface area (Å²) < 4.78 is 21.5. The van der Waals surface area contributed by atoms with Crippen LogP contribution < -0.4 is 23.8 Å². The third-order valence-corrected chi connectivity index (χ3v) is 5.31. The highest BCUT2D eigenvalue weighted by molar-refractivity contribution is 5.95. The molecule has 1 saturated heterocycles. The van der Waals surface area contributed by atoms with Gasteiger partial charge in [0.25, 0.3) is 5.91 Å². The molecule has 1 aliphatic heterocycles. The Morgan fingerprint density at radius 3 is 2.21 bits per heavy atom. The summed E-state index contributed by atoms with van der Waals surface area (Å²) in [7, 11) is 6.46. The molecule has 0 radical (unpaired) electrons. The van der Waals surface area contributed by atoms with Crippen LogP contribution in [0.5, 0.6) is 23.0 Å². The molecule has 1 aliphatic rings. The standard InChI is InChI=1S/C22H28N2O5/c1-26-18-9-8-16(14-20(18)28-3)22(25)24-12-10-23(11-13-24)15-17-6-5-7-19(27-2)21(17)29-4/h5-9,14H,10-13,15H2,1-4H3/p+1. The fourth-order valence-electron chi connectivity index (χ4n) is 3.72. The van der Waals surface area contributed by atoms with Gasteiger partial charge in [0.05, 0.1) is 60.2 Å². The minimum absolute atomic E-state index is 0.0176. The van der Waals surface area contributed by atoms with Gasteiger partial charge in [-0.05, 0) is 30.3 Å². The first kappa shape index (κ1) is 20.8. The van der Waals surface area contributed by atoms with Crippen molar-refractivity contribution in [3.63, 3.8) is 0 Å². The van der Waals surface area contributed by atoms with Gasteiger partial charge in [-0.15, -0.1) is 0 Å². The van der Waals surface area contributed by atoms with Crippen molar-refractivity contribution in [3.8, 4) is 23.0 Å². The number of methoxy groups -OCH3 is 4. The third-order valence-electron chi connectivity index (χ3n) is 5.31. The molecule has 156 valence electrons. The molecule has 0 bridgehead atoms. The molecule has 0 aromatic heterocycles. The molecular weight excluding hydrogens is 372 g/mol. The monoisotopic (exact) mass is 401 g/mol. The van der Waals surface area contributed by atoms with Crippen molar-refractivity contribution >= 4 is 5.91 Å². The topological polar surface area (TPSA) is 61.7 Å². The van der Waals surface area contributed by atoms with Crippen molar-refractivity contribution in [1.29, 1.82) is 0 Å². The van der Waals surface area contributed by atoms with Gasteiger partial charge in [-0.1, -0.05) is 6.07 Å². The van der Waals surface area contributed by atoms with Crippen LogP contribution in [0.15, 0.2) is 36.4 Å². The van der Waals surface area contributed by atoms with Crippen LogP contribution in [0.25, 0.3) is 0 Å². The smallest absolute Gasteiger partial charge is 0.254 e. The summed E-state index contributed by atoms with van der Waals surface area (Å²) in [4.78, 5) is 16.2. The molecule has 0 saturated carbocycles. The van der Waals surface area contributed by atoms with Crippen LogP contribution in [0.1, 0.15) is 15.9 Å². The number of quaternary nitrogens is 1.